The molecule has 5 nitrogen and oxygen atoms in total. The lowest BCUT2D eigenvalue weighted by Crippen LogP contribution is -2.36. The molecule has 0 spiro atoms. The summed E-state index contributed by atoms with van der Waals surface area (Å²) in [5, 5.41) is 0.337. The van der Waals surface area contributed by atoms with Crippen molar-refractivity contribution in [3.8, 4) is 0 Å². The first kappa shape index (κ1) is 7.90. The van der Waals surface area contributed by atoms with Gasteiger partial charge in [-0.15, -0.1) is 0 Å². The van der Waals surface area contributed by atoms with Crippen molar-refractivity contribution in [2.45, 2.75) is 6.92 Å². The minimum absolute atomic E-state index is 0.179. The van der Waals surface area contributed by atoms with Gasteiger partial charge in [0.25, 0.3) is 0 Å². The molecule has 0 aromatic rings. The summed E-state index contributed by atoms with van der Waals surface area (Å²) in [6.45, 7) is 1.83. The van der Waals surface area contributed by atoms with Gasteiger partial charge < -0.3 is 4.74 Å². The van der Waals surface area contributed by atoms with Gasteiger partial charge in [0, 0.05) is 0 Å². The van der Waals surface area contributed by atoms with Crippen LogP contribution >= 0.6 is 0 Å². The van der Waals surface area contributed by atoms with Crippen LogP contribution in [0.2, 0.25) is 0 Å². The molecule has 52 valence electrons. The van der Waals surface area contributed by atoms with Crippen LogP contribution in [0.3, 0.4) is 0 Å². The first-order valence-corrected chi connectivity index (χ1v) is 2.38. The topological polar surface area (TPSA) is 72.6 Å². The van der Waals surface area contributed by atoms with Crippen molar-refractivity contribution >= 4 is 12.5 Å². The molecular formula is C4H8N2O3. The first-order chi connectivity index (χ1) is 4.22. The lowest BCUT2D eigenvalue weighted by molar-refractivity contribution is -0.116. The summed E-state index contributed by atoms with van der Waals surface area (Å²) in [7, 11) is 0. The summed E-state index contributed by atoms with van der Waals surface area (Å²) in [6.07, 6.45) is -0.662. The Labute approximate surface area is 52.3 Å². The van der Waals surface area contributed by atoms with Crippen LogP contribution in [0.4, 0.5) is 4.79 Å². The quantitative estimate of drug-likeness (QED) is 0.237. The number of amides is 2. The molecule has 0 radical (unpaired) electrons. The highest BCUT2D eigenvalue weighted by Gasteiger charge is 2.06. The summed E-state index contributed by atoms with van der Waals surface area (Å²) >= 11 is 0. The molecular weight excluding hydrogens is 124 g/mol. The zero-order valence-corrected chi connectivity index (χ0v) is 5.03. The minimum atomic E-state index is -0.840. The summed E-state index contributed by atoms with van der Waals surface area (Å²) in [6, 6.07) is 0. The number of carbonyl (C=O) groups is 2. The Bertz CT molecular complexity index is 114. The van der Waals surface area contributed by atoms with Gasteiger partial charge in [-0.05, 0) is 6.92 Å². The second-order valence-electron chi connectivity index (χ2n) is 1.21. The van der Waals surface area contributed by atoms with Crippen LogP contribution in [-0.2, 0) is 9.53 Å². The predicted octanol–water partition coefficient (Wildman–Crippen LogP) is -0.525. The Balaban J connectivity index is 3.58. The van der Waals surface area contributed by atoms with Gasteiger partial charge in [0.15, 0.2) is 0 Å². The fraction of sp³-hybridized carbons (Fsp3) is 0.500. The van der Waals surface area contributed by atoms with Crippen LogP contribution in [-0.4, -0.2) is 24.1 Å². The maximum absolute atomic E-state index is 10.3. The Kier molecular flexibility index (Phi) is 3.38. The molecule has 5 heteroatoms. The average molecular weight is 132 g/mol. The molecule has 9 heavy (non-hydrogen) atoms. The molecule has 2 amide bonds. The van der Waals surface area contributed by atoms with Gasteiger partial charge >= 0.3 is 6.09 Å². The van der Waals surface area contributed by atoms with Crippen molar-refractivity contribution in [1.29, 1.82) is 0 Å². The Morgan fingerprint density at radius 3 is 2.78 bits per heavy atom. The number of hydrogen-bond donors (Lipinski definition) is 1. The van der Waals surface area contributed by atoms with E-state index in [9.17, 15) is 9.59 Å². The SMILES string of the molecule is CCOC(=O)N(N)C=O. The highest BCUT2D eigenvalue weighted by molar-refractivity contribution is 5.79. The number of carbonyl (C=O) groups excluding carboxylic acids is 2. The molecule has 0 aliphatic carbocycles. The van der Waals surface area contributed by atoms with E-state index in [1.54, 1.807) is 6.92 Å². The average Bonchev–Trinajstić information content (AvgIpc) is 1.87. The van der Waals surface area contributed by atoms with Crippen molar-refractivity contribution in [3.05, 3.63) is 0 Å². The summed E-state index contributed by atoms with van der Waals surface area (Å²) in [4.78, 5) is 20.0. The second-order valence-corrected chi connectivity index (χ2v) is 1.21. The maximum Gasteiger partial charge on any atom is 0.431 e. The van der Waals surface area contributed by atoms with Gasteiger partial charge in [0.1, 0.15) is 0 Å². The molecule has 0 rings (SSSR count). The van der Waals surface area contributed by atoms with E-state index in [1.807, 2.05) is 0 Å². The molecule has 0 aromatic heterocycles. The van der Waals surface area contributed by atoms with Crippen LogP contribution in [0.25, 0.3) is 0 Å². The van der Waals surface area contributed by atoms with Crippen molar-refractivity contribution < 1.29 is 14.3 Å². The molecule has 0 bridgehead atoms. The van der Waals surface area contributed by atoms with Crippen LogP contribution < -0.4 is 5.84 Å². The molecule has 0 heterocycles. The predicted molar refractivity (Wildman–Crippen MR) is 29.1 cm³/mol. The monoisotopic (exact) mass is 132 g/mol. The van der Waals surface area contributed by atoms with E-state index in [2.05, 4.69) is 4.74 Å². The molecule has 0 atom stereocenters. The number of ether oxygens (including phenoxy) is 1. The number of rotatable bonds is 2. The molecule has 0 saturated heterocycles. The van der Waals surface area contributed by atoms with Crippen molar-refractivity contribution in [3.63, 3.8) is 0 Å². The largest absolute Gasteiger partial charge is 0.448 e. The second kappa shape index (κ2) is 3.85. The van der Waals surface area contributed by atoms with Crippen LogP contribution in [0.1, 0.15) is 6.92 Å². The lowest BCUT2D eigenvalue weighted by Gasteiger charge is -2.05. The number of imide groups is 1. The van der Waals surface area contributed by atoms with E-state index in [0.717, 1.165) is 0 Å². The third kappa shape index (κ3) is 2.65. The highest BCUT2D eigenvalue weighted by Crippen LogP contribution is 1.80. The van der Waals surface area contributed by atoms with Crippen molar-refractivity contribution in [2.24, 2.45) is 5.84 Å². The van der Waals surface area contributed by atoms with Crippen molar-refractivity contribution in [1.82, 2.24) is 5.01 Å². The van der Waals surface area contributed by atoms with Gasteiger partial charge in [-0.2, -0.15) is 5.01 Å². The maximum atomic E-state index is 10.3. The number of nitrogens with two attached hydrogens (primary N) is 1. The van der Waals surface area contributed by atoms with E-state index in [4.69, 9.17) is 5.84 Å². The third-order valence-corrected chi connectivity index (χ3v) is 0.592. The fourth-order valence-corrected chi connectivity index (χ4v) is 0.241. The Hall–Kier alpha value is -1.10. The Morgan fingerprint density at radius 1 is 1.89 bits per heavy atom. The van der Waals surface area contributed by atoms with Gasteiger partial charge in [0.05, 0.1) is 6.61 Å². The van der Waals surface area contributed by atoms with Gasteiger partial charge in [-0.3, -0.25) is 4.79 Å². The van der Waals surface area contributed by atoms with E-state index >= 15 is 0 Å². The zero-order valence-electron chi connectivity index (χ0n) is 5.03. The number of hydrogen-bond acceptors (Lipinski definition) is 4. The molecule has 0 saturated carbocycles. The molecule has 0 aliphatic heterocycles. The van der Waals surface area contributed by atoms with E-state index in [1.165, 1.54) is 0 Å². The zero-order chi connectivity index (χ0) is 7.28. The third-order valence-electron chi connectivity index (χ3n) is 0.592. The van der Waals surface area contributed by atoms with E-state index < -0.39 is 6.09 Å². The molecule has 0 aliphatic rings. The Morgan fingerprint density at radius 2 is 2.44 bits per heavy atom. The normalized spacial score (nSPS) is 8.22. The standard InChI is InChI=1S/C4H8N2O3/c1-2-9-4(8)6(5)3-7/h3H,2,5H2,1H3. The smallest absolute Gasteiger partial charge is 0.431 e. The highest BCUT2D eigenvalue weighted by atomic mass is 16.6. The van der Waals surface area contributed by atoms with Gasteiger partial charge in [-0.25, -0.2) is 10.6 Å². The molecule has 0 fully saturated rings. The minimum Gasteiger partial charge on any atom is -0.448 e. The van der Waals surface area contributed by atoms with Crippen molar-refractivity contribution in [2.75, 3.05) is 6.61 Å². The van der Waals surface area contributed by atoms with Gasteiger partial charge in [0.2, 0.25) is 6.41 Å². The molecule has 0 unspecified atom stereocenters. The van der Waals surface area contributed by atoms with Gasteiger partial charge in [-0.1, -0.05) is 0 Å². The van der Waals surface area contributed by atoms with E-state index in [-0.39, 0.29) is 13.0 Å². The van der Waals surface area contributed by atoms with E-state index in [0.29, 0.717) is 5.01 Å². The van der Waals surface area contributed by atoms with Crippen LogP contribution in [0.15, 0.2) is 0 Å². The molecule has 2 N–H and O–H groups in total. The summed E-state index contributed by atoms with van der Waals surface area (Å²) in [5.74, 6) is 4.79. The number of hydrazine groups is 1. The van der Waals surface area contributed by atoms with Crippen LogP contribution in [0.5, 0.6) is 0 Å². The summed E-state index contributed by atoms with van der Waals surface area (Å²) < 4.78 is 4.33. The van der Waals surface area contributed by atoms with Crippen LogP contribution in [0, 0.1) is 0 Å². The lowest BCUT2D eigenvalue weighted by atomic mass is 10.8. The summed E-state index contributed by atoms with van der Waals surface area (Å²) in [5.41, 5.74) is 0. The fourth-order valence-electron chi connectivity index (χ4n) is 0.241. The molecule has 0 aromatic carbocycles. The first-order valence-electron chi connectivity index (χ1n) is 2.38. The number of nitrogens with zero attached hydrogens (tertiary/aromatic N) is 1.